The summed E-state index contributed by atoms with van der Waals surface area (Å²) in [7, 11) is 3.45. The van der Waals surface area contributed by atoms with Crippen molar-refractivity contribution in [3.63, 3.8) is 0 Å². The standard InChI is InChI=1S/C20H22N4O3S/c1-14(27-16-9-5-4-6-10-16)19-22-23-20(24(19)2)28-13-18(25)21-15-8-7-11-17(12-15)26-3/h4-12,14H,13H2,1-3H3,(H,21,25). The number of nitrogens with one attached hydrogen (secondary N) is 1. The van der Waals surface area contributed by atoms with Crippen LogP contribution in [-0.2, 0) is 11.8 Å². The van der Waals surface area contributed by atoms with Gasteiger partial charge in [0.05, 0.1) is 12.9 Å². The van der Waals surface area contributed by atoms with Crippen LogP contribution in [0.1, 0.15) is 18.9 Å². The number of carbonyl (C=O) groups excluding carboxylic acids is 1. The molecule has 0 fully saturated rings. The van der Waals surface area contributed by atoms with E-state index in [1.54, 1.807) is 13.2 Å². The first-order valence-electron chi connectivity index (χ1n) is 8.74. The summed E-state index contributed by atoms with van der Waals surface area (Å²) in [6.07, 6.45) is -0.264. The molecule has 8 heteroatoms. The number of thioether (sulfide) groups is 1. The Bertz CT molecular complexity index is 930. The van der Waals surface area contributed by atoms with Crippen molar-refractivity contribution < 1.29 is 14.3 Å². The Kier molecular flexibility index (Phi) is 6.54. The summed E-state index contributed by atoms with van der Waals surface area (Å²) in [6, 6.07) is 16.8. The Balaban J connectivity index is 1.57. The molecule has 1 heterocycles. The zero-order valence-corrected chi connectivity index (χ0v) is 16.8. The average Bonchev–Trinajstić information content (AvgIpc) is 3.08. The molecule has 1 N–H and O–H groups in total. The molecule has 28 heavy (non-hydrogen) atoms. The summed E-state index contributed by atoms with van der Waals surface area (Å²) in [5.41, 5.74) is 0.688. The Morgan fingerprint density at radius 1 is 1.14 bits per heavy atom. The Morgan fingerprint density at radius 2 is 1.89 bits per heavy atom. The quantitative estimate of drug-likeness (QED) is 0.583. The molecule has 0 bridgehead atoms. The minimum Gasteiger partial charge on any atom is -0.497 e. The first-order chi connectivity index (χ1) is 13.6. The van der Waals surface area contributed by atoms with E-state index in [1.165, 1.54) is 11.8 Å². The van der Waals surface area contributed by atoms with Crippen molar-refractivity contribution in [1.82, 2.24) is 14.8 Å². The van der Waals surface area contributed by atoms with Gasteiger partial charge in [-0.25, -0.2) is 0 Å². The highest BCUT2D eigenvalue weighted by Crippen LogP contribution is 2.24. The molecule has 0 radical (unpaired) electrons. The predicted molar refractivity (Wildman–Crippen MR) is 109 cm³/mol. The molecule has 0 aliphatic heterocycles. The predicted octanol–water partition coefficient (Wildman–Crippen LogP) is 3.69. The van der Waals surface area contributed by atoms with Crippen molar-refractivity contribution in [1.29, 1.82) is 0 Å². The van der Waals surface area contributed by atoms with E-state index in [4.69, 9.17) is 9.47 Å². The number of anilines is 1. The summed E-state index contributed by atoms with van der Waals surface area (Å²) in [4.78, 5) is 12.2. The number of amides is 1. The van der Waals surface area contributed by atoms with Crippen molar-refractivity contribution in [2.45, 2.75) is 18.2 Å². The van der Waals surface area contributed by atoms with Crippen LogP contribution in [0.25, 0.3) is 0 Å². The van der Waals surface area contributed by atoms with Gasteiger partial charge >= 0.3 is 0 Å². The number of rotatable bonds is 8. The number of para-hydroxylation sites is 1. The van der Waals surface area contributed by atoms with Gasteiger partial charge in [0, 0.05) is 18.8 Å². The van der Waals surface area contributed by atoms with Crippen molar-refractivity contribution >= 4 is 23.4 Å². The van der Waals surface area contributed by atoms with Gasteiger partial charge in [-0.1, -0.05) is 36.0 Å². The number of hydrogen-bond acceptors (Lipinski definition) is 6. The van der Waals surface area contributed by atoms with Gasteiger partial charge in [-0.15, -0.1) is 10.2 Å². The van der Waals surface area contributed by atoms with Gasteiger partial charge in [0.2, 0.25) is 5.91 Å². The number of nitrogens with zero attached hydrogens (tertiary/aromatic N) is 3. The van der Waals surface area contributed by atoms with Crippen LogP contribution in [0.2, 0.25) is 0 Å². The molecule has 0 aliphatic carbocycles. The average molecular weight is 398 g/mol. The van der Waals surface area contributed by atoms with E-state index in [-0.39, 0.29) is 17.8 Å². The van der Waals surface area contributed by atoms with Crippen LogP contribution in [0, 0.1) is 0 Å². The lowest BCUT2D eigenvalue weighted by atomic mass is 10.3. The second-order valence-corrected chi connectivity index (χ2v) is 6.98. The Labute approximate surface area is 168 Å². The molecule has 3 aromatic rings. The molecule has 1 atom stereocenters. The molecular weight excluding hydrogens is 376 g/mol. The largest absolute Gasteiger partial charge is 0.497 e. The van der Waals surface area contributed by atoms with E-state index in [2.05, 4.69) is 15.5 Å². The van der Waals surface area contributed by atoms with Gasteiger partial charge in [0.15, 0.2) is 17.1 Å². The van der Waals surface area contributed by atoms with E-state index in [1.807, 2.05) is 67.1 Å². The molecule has 0 saturated carbocycles. The fourth-order valence-corrected chi connectivity index (χ4v) is 3.31. The third kappa shape index (κ3) is 5.04. The monoisotopic (exact) mass is 398 g/mol. The third-order valence-electron chi connectivity index (χ3n) is 3.97. The van der Waals surface area contributed by atoms with Crippen LogP contribution in [0.3, 0.4) is 0 Å². The highest BCUT2D eigenvalue weighted by molar-refractivity contribution is 7.99. The van der Waals surface area contributed by atoms with E-state index in [0.29, 0.717) is 22.4 Å². The van der Waals surface area contributed by atoms with Gasteiger partial charge in [0.25, 0.3) is 0 Å². The number of methoxy groups -OCH3 is 1. The van der Waals surface area contributed by atoms with Crippen molar-refractivity contribution in [2.24, 2.45) is 7.05 Å². The summed E-state index contributed by atoms with van der Waals surface area (Å²) >= 11 is 1.32. The lowest BCUT2D eigenvalue weighted by Gasteiger charge is -2.14. The number of aromatic nitrogens is 3. The van der Waals surface area contributed by atoms with Gasteiger partial charge < -0.3 is 19.4 Å². The number of ether oxygens (including phenoxy) is 2. The van der Waals surface area contributed by atoms with Crippen LogP contribution in [0.15, 0.2) is 59.8 Å². The molecule has 0 saturated heterocycles. The molecule has 0 spiro atoms. The second kappa shape index (κ2) is 9.27. The first kappa shape index (κ1) is 19.8. The van der Waals surface area contributed by atoms with Crippen LogP contribution in [0.5, 0.6) is 11.5 Å². The van der Waals surface area contributed by atoms with Crippen LogP contribution in [-0.4, -0.2) is 33.5 Å². The number of benzene rings is 2. The minimum atomic E-state index is -0.264. The first-order valence-corrected chi connectivity index (χ1v) is 9.73. The molecule has 146 valence electrons. The van der Waals surface area contributed by atoms with Crippen LogP contribution >= 0.6 is 11.8 Å². The SMILES string of the molecule is COc1cccc(NC(=O)CSc2nnc(C(C)Oc3ccccc3)n2C)c1. The zero-order chi connectivity index (χ0) is 19.9. The topological polar surface area (TPSA) is 78.3 Å². The highest BCUT2D eigenvalue weighted by atomic mass is 32.2. The highest BCUT2D eigenvalue weighted by Gasteiger charge is 2.18. The third-order valence-corrected chi connectivity index (χ3v) is 4.99. The van der Waals surface area contributed by atoms with Crippen LogP contribution < -0.4 is 14.8 Å². The zero-order valence-electron chi connectivity index (χ0n) is 16.0. The summed E-state index contributed by atoms with van der Waals surface area (Å²) in [6.45, 7) is 1.92. The minimum absolute atomic E-state index is 0.128. The fourth-order valence-electron chi connectivity index (χ4n) is 2.59. The molecule has 7 nitrogen and oxygen atoms in total. The van der Waals surface area contributed by atoms with Crippen LogP contribution in [0.4, 0.5) is 5.69 Å². The van der Waals surface area contributed by atoms with E-state index >= 15 is 0 Å². The van der Waals surface area contributed by atoms with E-state index in [0.717, 1.165) is 5.75 Å². The number of hydrogen-bond donors (Lipinski definition) is 1. The molecule has 1 aromatic heterocycles. The molecule has 1 amide bonds. The van der Waals surface area contributed by atoms with E-state index < -0.39 is 0 Å². The lowest BCUT2D eigenvalue weighted by molar-refractivity contribution is -0.113. The van der Waals surface area contributed by atoms with Crippen molar-refractivity contribution in [3.05, 3.63) is 60.4 Å². The second-order valence-electron chi connectivity index (χ2n) is 6.04. The maximum atomic E-state index is 12.2. The van der Waals surface area contributed by atoms with Gasteiger partial charge in [-0.2, -0.15) is 0 Å². The molecule has 1 unspecified atom stereocenters. The van der Waals surface area contributed by atoms with Crippen molar-refractivity contribution in [2.75, 3.05) is 18.2 Å². The maximum Gasteiger partial charge on any atom is 0.234 e. The van der Waals surface area contributed by atoms with E-state index in [9.17, 15) is 4.79 Å². The smallest absolute Gasteiger partial charge is 0.234 e. The number of carbonyl (C=O) groups is 1. The van der Waals surface area contributed by atoms with Crippen molar-refractivity contribution in [3.8, 4) is 11.5 Å². The molecule has 2 aromatic carbocycles. The fraction of sp³-hybridized carbons (Fsp3) is 0.250. The maximum absolute atomic E-state index is 12.2. The molecular formula is C20H22N4O3S. The summed E-state index contributed by atoms with van der Waals surface area (Å²) in [5, 5.41) is 11.9. The molecule has 3 rings (SSSR count). The lowest BCUT2D eigenvalue weighted by Crippen LogP contribution is -2.15. The Hall–Kier alpha value is -3.00. The van der Waals surface area contributed by atoms with Gasteiger partial charge in [-0.3, -0.25) is 4.79 Å². The van der Waals surface area contributed by atoms with Gasteiger partial charge in [-0.05, 0) is 31.2 Å². The summed E-state index contributed by atoms with van der Waals surface area (Å²) < 4.78 is 12.9. The molecule has 0 aliphatic rings. The Morgan fingerprint density at radius 3 is 2.64 bits per heavy atom. The normalized spacial score (nSPS) is 11.7. The van der Waals surface area contributed by atoms with Gasteiger partial charge in [0.1, 0.15) is 11.5 Å². The summed E-state index contributed by atoms with van der Waals surface area (Å²) in [5.74, 6) is 2.24.